The predicted octanol–water partition coefficient (Wildman–Crippen LogP) is 3.89. The van der Waals surface area contributed by atoms with Crippen molar-refractivity contribution >= 4 is 11.9 Å². The smallest absolute Gasteiger partial charge is 0.336 e. The number of rotatable bonds is 2. The number of esters is 2. The van der Waals surface area contributed by atoms with Gasteiger partial charge in [-0.2, -0.15) is 0 Å². The number of allylic oxidation sites excluding steroid dienone is 5. The maximum absolute atomic E-state index is 13.9. The summed E-state index contributed by atoms with van der Waals surface area (Å²) in [7, 11) is 1.30. The first-order valence-corrected chi connectivity index (χ1v) is 13.6. The van der Waals surface area contributed by atoms with Crippen molar-refractivity contribution in [1.82, 2.24) is 0 Å². The molecule has 0 spiro atoms. The molecule has 3 N–H and O–H groups in total. The molecule has 0 radical (unpaired) electrons. The molecule has 0 aromatic heterocycles. The monoisotopic (exact) mass is 516 g/mol. The standard InChI is InChI=1S/C30H44O7/c1-18-10-6-9-13-24-19(2)16-23-25(15-14-21(17-31)27(23)33)30(24,4)29(35)37-20(3)11-7-8-12-22(26(18)32)28(34)36-5/h6,9-10,12-13,16,18,20-21,23-27,31-33H,7-8,11,14-15,17H2,1-5H3/b10-6+,13-9+,22-12-/t18-,20+,21+,23+,24-,25-,26+,27+,30-/m0/s1. The van der Waals surface area contributed by atoms with Gasteiger partial charge < -0.3 is 24.8 Å². The van der Waals surface area contributed by atoms with E-state index in [9.17, 15) is 24.9 Å². The van der Waals surface area contributed by atoms with Gasteiger partial charge in [-0.3, -0.25) is 4.79 Å². The van der Waals surface area contributed by atoms with Crippen molar-refractivity contribution in [2.75, 3.05) is 13.7 Å². The van der Waals surface area contributed by atoms with Crippen LogP contribution in [0.1, 0.15) is 59.8 Å². The molecule has 206 valence electrons. The van der Waals surface area contributed by atoms with Crippen LogP contribution in [0.25, 0.3) is 0 Å². The fourth-order valence-electron chi connectivity index (χ4n) is 6.44. The van der Waals surface area contributed by atoms with Crippen LogP contribution in [0.15, 0.2) is 47.6 Å². The Labute approximate surface area is 220 Å². The SMILES string of the molecule is COC(=O)/C1=C\CCC[C@@H](C)OC(=O)[C@@]2(C)[C@@H](/C=C/C=C/[C@H](C)[C@H]1O)C(C)=C[C@H]1[C@H](O)[C@@H](CO)CC[C@@H]12. The molecule has 0 amide bonds. The van der Waals surface area contributed by atoms with Gasteiger partial charge in [0, 0.05) is 30.3 Å². The van der Waals surface area contributed by atoms with Crippen LogP contribution >= 0.6 is 0 Å². The summed E-state index contributed by atoms with van der Waals surface area (Å²) < 4.78 is 10.9. The maximum Gasteiger partial charge on any atom is 0.336 e. The van der Waals surface area contributed by atoms with Gasteiger partial charge in [0.05, 0.1) is 36.4 Å². The quantitative estimate of drug-likeness (QED) is 0.377. The minimum absolute atomic E-state index is 0.0697. The number of methoxy groups -OCH3 is 1. The van der Waals surface area contributed by atoms with E-state index in [-0.39, 0.29) is 53.8 Å². The lowest BCUT2D eigenvalue weighted by molar-refractivity contribution is -0.172. The normalized spacial score (nSPS) is 42.6. The maximum atomic E-state index is 13.9. The second-order valence-corrected chi connectivity index (χ2v) is 11.2. The Bertz CT molecular complexity index is 948. The van der Waals surface area contributed by atoms with E-state index in [4.69, 9.17) is 9.47 Å². The Hall–Kier alpha value is -2.22. The first-order chi connectivity index (χ1) is 17.6. The minimum Gasteiger partial charge on any atom is -0.466 e. The van der Waals surface area contributed by atoms with Gasteiger partial charge in [0.2, 0.25) is 0 Å². The van der Waals surface area contributed by atoms with Crippen LogP contribution in [0.5, 0.6) is 0 Å². The zero-order chi connectivity index (χ0) is 27.3. The fraction of sp³-hybridized carbons (Fsp3) is 0.667. The van der Waals surface area contributed by atoms with Crippen molar-refractivity contribution in [2.45, 2.75) is 78.1 Å². The molecule has 37 heavy (non-hydrogen) atoms. The summed E-state index contributed by atoms with van der Waals surface area (Å²) in [6, 6.07) is 0. The molecule has 1 fully saturated rings. The molecule has 0 aromatic carbocycles. The third-order valence-electron chi connectivity index (χ3n) is 8.78. The molecule has 1 aliphatic heterocycles. The molecule has 0 saturated heterocycles. The van der Waals surface area contributed by atoms with Gasteiger partial charge in [0.15, 0.2) is 0 Å². The van der Waals surface area contributed by atoms with E-state index >= 15 is 0 Å². The zero-order valence-corrected chi connectivity index (χ0v) is 22.8. The summed E-state index contributed by atoms with van der Waals surface area (Å²) in [6.07, 6.45) is 12.5. The Kier molecular flexibility index (Phi) is 9.95. The van der Waals surface area contributed by atoms with Gasteiger partial charge >= 0.3 is 11.9 Å². The Morgan fingerprint density at radius 2 is 1.86 bits per heavy atom. The van der Waals surface area contributed by atoms with Crippen molar-refractivity contribution in [2.24, 2.45) is 35.0 Å². The molecule has 1 heterocycles. The predicted molar refractivity (Wildman–Crippen MR) is 141 cm³/mol. The number of hydrogen-bond acceptors (Lipinski definition) is 7. The molecule has 2 aliphatic carbocycles. The highest BCUT2D eigenvalue weighted by atomic mass is 16.5. The highest BCUT2D eigenvalue weighted by Crippen LogP contribution is 2.55. The average Bonchev–Trinajstić information content (AvgIpc) is 2.87. The lowest BCUT2D eigenvalue weighted by Gasteiger charge is -2.52. The van der Waals surface area contributed by atoms with Crippen molar-refractivity contribution in [3.63, 3.8) is 0 Å². The molecule has 3 rings (SSSR count). The first-order valence-electron chi connectivity index (χ1n) is 13.6. The van der Waals surface area contributed by atoms with Crippen molar-refractivity contribution in [1.29, 1.82) is 0 Å². The lowest BCUT2D eigenvalue weighted by atomic mass is 9.52. The van der Waals surface area contributed by atoms with Crippen LogP contribution in [0.2, 0.25) is 0 Å². The van der Waals surface area contributed by atoms with Crippen LogP contribution in [-0.4, -0.2) is 59.3 Å². The van der Waals surface area contributed by atoms with Gasteiger partial charge in [-0.1, -0.05) is 49.0 Å². The molecule has 7 nitrogen and oxygen atoms in total. The molecule has 0 unspecified atom stereocenters. The van der Waals surface area contributed by atoms with E-state index in [0.29, 0.717) is 25.7 Å². The van der Waals surface area contributed by atoms with Crippen molar-refractivity contribution in [3.8, 4) is 0 Å². The Balaban J connectivity index is 2.00. The summed E-state index contributed by atoms with van der Waals surface area (Å²) in [4.78, 5) is 26.1. The van der Waals surface area contributed by atoms with Gasteiger partial charge in [0.1, 0.15) is 0 Å². The van der Waals surface area contributed by atoms with Crippen LogP contribution < -0.4 is 0 Å². The minimum atomic E-state index is -0.995. The topological polar surface area (TPSA) is 113 Å². The molecular weight excluding hydrogens is 472 g/mol. The van der Waals surface area contributed by atoms with Gasteiger partial charge in [-0.15, -0.1) is 0 Å². The van der Waals surface area contributed by atoms with E-state index in [0.717, 1.165) is 12.0 Å². The molecule has 3 aliphatic rings. The van der Waals surface area contributed by atoms with E-state index in [2.05, 4.69) is 6.08 Å². The molecule has 7 heteroatoms. The van der Waals surface area contributed by atoms with E-state index < -0.39 is 23.6 Å². The van der Waals surface area contributed by atoms with Crippen molar-refractivity contribution < 1.29 is 34.4 Å². The third kappa shape index (κ3) is 6.10. The number of ether oxygens (including phenoxy) is 2. The van der Waals surface area contributed by atoms with E-state index in [1.807, 2.05) is 52.0 Å². The van der Waals surface area contributed by atoms with E-state index in [1.54, 1.807) is 6.08 Å². The second kappa shape index (κ2) is 12.5. The highest BCUT2D eigenvalue weighted by Gasteiger charge is 2.56. The first kappa shape index (κ1) is 29.3. The fourth-order valence-corrected chi connectivity index (χ4v) is 6.44. The Morgan fingerprint density at radius 3 is 2.54 bits per heavy atom. The van der Waals surface area contributed by atoms with Crippen LogP contribution in [0.3, 0.4) is 0 Å². The zero-order valence-electron chi connectivity index (χ0n) is 22.8. The largest absolute Gasteiger partial charge is 0.466 e. The Morgan fingerprint density at radius 1 is 1.16 bits per heavy atom. The molecule has 0 bridgehead atoms. The lowest BCUT2D eigenvalue weighted by Crippen LogP contribution is -2.55. The number of fused-ring (bicyclic) bond motifs is 3. The number of aliphatic hydroxyl groups is 3. The van der Waals surface area contributed by atoms with Gasteiger partial charge in [-0.05, 0) is 58.8 Å². The van der Waals surface area contributed by atoms with E-state index in [1.165, 1.54) is 7.11 Å². The summed E-state index contributed by atoms with van der Waals surface area (Å²) in [6.45, 7) is 7.59. The summed E-state index contributed by atoms with van der Waals surface area (Å²) in [5.41, 5.74) is 0.353. The summed E-state index contributed by atoms with van der Waals surface area (Å²) >= 11 is 0. The highest BCUT2D eigenvalue weighted by molar-refractivity contribution is 5.89. The van der Waals surface area contributed by atoms with Crippen LogP contribution in [0.4, 0.5) is 0 Å². The second-order valence-electron chi connectivity index (χ2n) is 11.2. The van der Waals surface area contributed by atoms with Gasteiger partial charge in [0.25, 0.3) is 0 Å². The molecular formula is C30H44O7. The number of cyclic esters (lactones) is 1. The molecule has 9 atom stereocenters. The van der Waals surface area contributed by atoms with Crippen LogP contribution in [0, 0.1) is 35.0 Å². The molecule has 1 saturated carbocycles. The van der Waals surface area contributed by atoms with Gasteiger partial charge in [-0.25, -0.2) is 4.79 Å². The summed E-state index contributed by atoms with van der Waals surface area (Å²) in [5.74, 6) is -1.89. The number of carbonyl (C=O) groups excluding carboxylic acids is 2. The van der Waals surface area contributed by atoms with Crippen molar-refractivity contribution in [3.05, 3.63) is 47.6 Å². The number of hydrogen-bond donors (Lipinski definition) is 3. The number of aliphatic hydroxyl groups excluding tert-OH is 3. The summed E-state index contributed by atoms with van der Waals surface area (Å²) in [5, 5.41) is 31.6. The average molecular weight is 517 g/mol. The third-order valence-corrected chi connectivity index (χ3v) is 8.78. The number of carbonyl (C=O) groups is 2. The van der Waals surface area contributed by atoms with Crippen LogP contribution in [-0.2, 0) is 19.1 Å². The molecule has 0 aromatic rings.